The molecule has 0 aromatic heterocycles. The number of carbonyl (C=O) groups excluding carboxylic acids is 3. The number of imide groups is 1. The van der Waals surface area contributed by atoms with Gasteiger partial charge in [0.1, 0.15) is 0 Å². The van der Waals surface area contributed by atoms with Crippen molar-refractivity contribution in [3.8, 4) is 0 Å². The average molecular weight is 310 g/mol. The molecule has 124 valence electrons. The molecule has 1 aliphatic heterocycles. The van der Waals surface area contributed by atoms with Crippen molar-refractivity contribution in [2.45, 2.75) is 58.6 Å². The third-order valence-electron chi connectivity index (χ3n) is 3.20. The van der Waals surface area contributed by atoms with Crippen molar-refractivity contribution < 1.29 is 19.1 Å². The second-order valence-electron chi connectivity index (χ2n) is 7.05. The van der Waals surface area contributed by atoms with E-state index in [9.17, 15) is 14.4 Å². The van der Waals surface area contributed by atoms with E-state index in [1.807, 2.05) is 34.6 Å². The van der Waals surface area contributed by atoms with Crippen LogP contribution in [0, 0.1) is 0 Å². The molecule has 1 rings (SSSR count). The van der Waals surface area contributed by atoms with E-state index in [0.29, 0.717) is 13.0 Å². The van der Waals surface area contributed by atoms with E-state index in [1.54, 1.807) is 0 Å². The predicted octanol–water partition coefficient (Wildman–Crippen LogP) is 1.40. The molecule has 0 saturated carbocycles. The van der Waals surface area contributed by atoms with Crippen molar-refractivity contribution in [2.24, 2.45) is 0 Å². The quantitative estimate of drug-likeness (QED) is 0.721. The highest BCUT2D eigenvalue weighted by Gasteiger charge is 2.25. The van der Waals surface area contributed by atoms with E-state index < -0.39 is 5.54 Å². The predicted molar refractivity (Wildman–Crippen MR) is 83.0 cm³/mol. The maximum Gasteiger partial charge on any atom is 0.253 e. The fourth-order valence-corrected chi connectivity index (χ4v) is 1.98. The van der Waals surface area contributed by atoms with Crippen LogP contribution in [0.2, 0.25) is 0 Å². The molecular formula is C16H26N2O4. The van der Waals surface area contributed by atoms with Gasteiger partial charge in [-0.2, -0.15) is 0 Å². The molecule has 0 saturated heterocycles. The van der Waals surface area contributed by atoms with Crippen molar-refractivity contribution in [1.29, 1.82) is 0 Å². The largest absolute Gasteiger partial charge is 0.376 e. The molecule has 0 bridgehead atoms. The number of amides is 3. The van der Waals surface area contributed by atoms with Crippen LogP contribution in [0.5, 0.6) is 0 Å². The van der Waals surface area contributed by atoms with Gasteiger partial charge >= 0.3 is 0 Å². The van der Waals surface area contributed by atoms with Crippen LogP contribution in [0.1, 0.15) is 47.5 Å². The van der Waals surface area contributed by atoms with E-state index in [1.165, 1.54) is 12.2 Å². The summed E-state index contributed by atoms with van der Waals surface area (Å²) in [4.78, 5) is 35.8. The molecule has 0 fully saturated rings. The SMILES string of the molecule is CC(C)(CCOC(C)(C)C)NC(=O)CCN1C(=O)C=CC1=O. The molecule has 0 atom stereocenters. The molecule has 3 amide bonds. The number of nitrogens with one attached hydrogen (secondary N) is 1. The highest BCUT2D eigenvalue weighted by Crippen LogP contribution is 2.13. The number of nitrogens with zero attached hydrogens (tertiary/aromatic N) is 1. The van der Waals surface area contributed by atoms with Gasteiger partial charge in [0.25, 0.3) is 11.8 Å². The van der Waals surface area contributed by atoms with Gasteiger partial charge in [0.15, 0.2) is 0 Å². The van der Waals surface area contributed by atoms with Gasteiger partial charge in [-0.25, -0.2) is 0 Å². The van der Waals surface area contributed by atoms with Crippen LogP contribution in [-0.4, -0.2) is 46.9 Å². The minimum Gasteiger partial charge on any atom is -0.376 e. The van der Waals surface area contributed by atoms with Gasteiger partial charge in [-0.3, -0.25) is 19.3 Å². The Kier molecular flexibility index (Phi) is 5.88. The fraction of sp³-hybridized carbons (Fsp3) is 0.688. The van der Waals surface area contributed by atoms with Gasteiger partial charge in [-0.05, 0) is 41.0 Å². The Morgan fingerprint density at radius 3 is 2.18 bits per heavy atom. The zero-order valence-corrected chi connectivity index (χ0v) is 14.1. The highest BCUT2D eigenvalue weighted by molar-refractivity contribution is 6.13. The monoisotopic (exact) mass is 310 g/mol. The van der Waals surface area contributed by atoms with Gasteiger partial charge < -0.3 is 10.1 Å². The van der Waals surface area contributed by atoms with Gasteiger partial charge in [0.2, 0.25) is 5.91 Å². The molecule has 1 N–H and O–H groups in total. The number of hydrogen-bond donors (Lipinski definition) is 1. The van der Waals surface area contributed by atoms with E-state index in [4.69, 9.17) is 4.74 Å². The normalized spacial score (nSPS) is 15.6. The van der Waals surface area contributed by atoms with Gasteiger partial charge in [0.05, 0.1) is 5.60 Å². The van der Waals surface area contributed by atoms with E-state index >= 15 is 0 Å². The molecule has 0 aliphatic carbocycles. The van der Waals surface area contributed by atoms with Crippen LogP contribution < -0.4 is 5.32 Å². The number of carbonyl (C=O) groups is 3. The van der Waals surface area contributed by atoms with E-state index in [2.05, 4.69) is 5.32 Å². The first kappa shape index (κ1) is 18.4. The molecular weight excluding hydrogens is 284 g/mol. The smallest absolute Gasteiger partial charge is 0.253 e. The second kappa shape index (κ2) is 7.05. The van der Waals surface area contributed by atoms with Gasteiger partial charge in [0, 0.05) is 37.3 Å². The Labute approximate surface area is 131 Å². The molecule has 0 aromatic rings. The maximum atomic E-state index is 12.0. The molecule has 22 heavy (non-hydrogen) atoms. The zero-order valence-electron chi connectivity index (χ0n) is 14.1. The van der Waals surface area contributed by atoms with E-state index in [0.717, 1.165) is 4.90 Å². The van der Waals surface area contributed by atoms with Crippen molar-refractivity contribution in [3.05, 3.63) is 12.2 Å². The molecule has 1 aliphatic rings. The summed E-state index contributed by atoms with van der Waals surface area (Å²) in [6.45, 7) is 10.4. The van der Waals surface area contributed by atoms with Crippen molar-refractivity contribution in [1.82, 2.24) is 10.2 Å². The van der Waals surface area contributed by atoms with Gasteiger partial charge in [-0.15, -0.1) is 0 Å². The molecule has 0 radical (unpaired) electrons. The Morgan fingerprint density at radius 2 is 1.68 bits per heavy atom. The first-order chi connectivity index (χ1) is 10.0. The minimum atomic E-state index is -0.403. The lowest BCUT2D eigenvalue weighted by atomic mass is 10.0. The Bertz CT molecular complexity index is 457. The van der Waals surface area contributed by atoms with Crippen molar-refractivity contribution in [3.63, 3.8) is 0 Å². The molecule has 1 heterocycles. The Hall–Kier alpha value is -1.69. The summed E-state index contributed by atoms with van der Waals surface area (Å²) in [6, 6.07) is 0. The molecule has 0 spiro atoms. The first-order valence-corrected chi connectivity index (χ1v) is 7.49. The summed E-state index contributed by atoms with van der Waals surface area (Å²) in [5.74, 6) is -0.917. The van der Waals surface area contributed by atoms with Crippen LogP contribution in [0.4, 0.5) is 0 Å². The van der Waals surface area contributed by atoms with Crippen molar-refractivity contribution in [2.75, 3.05) is 13.2 Å². The number of hydrogen-bond acceptors (Lipinski definition) is 4. The standard InChI is InChI=1S/C16H26N2O4/c1-15(2,3)22-11-9-16(4,5)17-12(19)8-10-18-13(20)6-7-14(18)21/h6-7H,8-11H2,1-5H3,(H,17,19). The maximum absolute atomic E-state index is 12.0. The topological polar surface area (TPSA) is 75.7 Å². The molecule has 6 nitrogen and oxygen atoms in total. The fourth-order valence-electron chi connectivity index (χ4n) is 1.98. The second-order valence-corrected chi connectivity index (χ2v) is 7.05. The van der Waals surface area contributed by atoms with Crippen molar-refractivity contribution >= 4 is 17.7 Å². The Morgan fingerprint density at radius 1 is 1.14 bits per heavy atom. The van der Waals surface area contributed by atoms with Crippen LogP contribution >= 0.6 is 0 Å². The third-order valence-corrected chi connectivity index (χ3v) is 3.20. The summed E-state index contributed by atoms with van der Waals surface area (Å²) in [7, 11) is 0. The van der Waals surface area contributed by atoms with Crippen LogP contribution in [0.25, 0.3) is 0 Å². The lowest BCUT2D eigenvalue weighted by Gasteiger charge is -2.28. The van der Waals surface area contributed by atoms with Crippen LogP contribution in [-0.2, 0) is 19.1 Å². The summed E-state index contributed by atoms with van der Waals surface area (Å²) < 4.78 is 5.66. The molecule has 6 heteroatoms. The van der Waals surface area contributed by atoms with Gasteiger partial charge in [-0.1, -0.05) is 0 Å². The lowest BCUT2D eigenvalue weighted by molar-refractivity contribution is -0.137. The van der Waals surface area contributed by atoms with Crippen LogP contribution in [0.15, 0.2) is 12.2 Å². The minimum absolute atomic E-state index is 0.0999. The third kappa shape index (κ3) is 6.39. The summed E-state index contributed by atoms with van der Waals surface area (Å²) in [6.07, 6.45) is 3.21. The first-order valence-electron chi connectivity index (χ1n) is 7.49. The van der Waals surface area contributed by atoms with E-state index in [-0.39, 0.29) is 36.3 Å². The number of rotatable bonds is 7. The summed E-state index contributed by atoms with van der Waals surface area (Å²) in [5.41, 5.74) is -0.608. The lowest BCUT2D eigenvalue weighted by Crippen LogP contribution is -2.45. The highest BCUT2D eigenvalue weighted by atomic mass is 16.5. The Balaban J connectivity index is 2.34. The molecule has 0 unspecified atom stereocenters. The number of ether oxygens (including phenoxy) is 1. The average Bonchev–Trinajstić information content (AvgIpc) is 2.64. The van der Waals surface area contributed by atoms with Crippen LogP contribution in [0.3, 0.4) is 0 Å². The zero-order chi connectivity index (χ0) is 17.0. The molecule has 0 aromatic carbocycles. The summed E-state index contributed by atoms with van der Waals surface area (Å²) >= 11 is 0. The summed E-state index contributed by atoms with van der Waals surface area (Å²) in [5, 5.41) is 2.91.